The van der Waals surface area contributed by atoms with E-state index in [1.54, 1.807) is 0 Å². The van der Waals surface area contributed by atoms with Crippen LogP contribution in [0.15, 0.2) is 24.3 Å². The number of nitrogens with one attached hydrogen (secondary N) is 1. The number of hydrogen-bond acceptors (Lipinski definition) is 2. The third-order valence-electron chi connectivity index (χ3n) is 5.11. The summed E-state index contributed by atoms with van der Waals surface area (Å²) in [5.74, 6) is 0.854. The quantitative estimate of drug-likeness (QED) is 0.879. The molecule has 1 aliphatic carbocycles. The van der Waals surface area contributed by atoms with Gasteiger partial charge in [-0.1, -0.05) is 42.7 Å². The maximum atomic E-state index is 3.95. The van der Waals surface area contributed by atoms with Crippen molar-refractivity contribution >= 4 is 0 Å². The third kappa shape index (κ3) is 2.77. The smallest absolute Gasteiger partial charge is 0.0865 e. The molecule has 1 aromatic carbocycles. The molecular weight excluding hydrogens is 244 g/mol. The number of nitrogens with zero attached hydrogens (tertiary/aromatic N) is 1. The van der Waals surface area contributed by atoms with Gasteiger partial charge in [-0.2, -0.15) is 0 Å². The third-order valence-corrected chi connectivity index (χ3v) is 5.11. The number of fused-ring (bicyclic) bond motifs is 1. The summed E-state index contributed by atoms with van der Waals surface area (Å²) in [5, 5.41) is 3.95. The first-order chi connectivity index (χ1) is 9.65. The molecule has 0 aromatic heterocycles. The van der Waals surface area contributed by atoms with Crippen molar-refractivity contribution in [3.8, 4) is 0 Å². The van der Waals surface area contributed by atoms with E-state index >= 15 is 0 Å². The Bertz CT molecular complexity index is 437. The lowest BCUT2D eigenvalue weighted by Crippen LogP contribution is -2.57. The number of hydrogen-bond donors (Lipinski definition) is 1. The molecule has 2 fully saturated rings. The second kappa shape index (κ2) is 5.87. The van der Waals surface area contributed by atoms with Gasteiger partial charge in [0.15, 0.2) is 0 Å². The minimum Gasteiger partial charge on any atom is -0.295 e. The van der Waals surface area contributed by atoms with Gasteiger partial charge < -0.3 is 0 Å². The van der Waals surface area contributed by atoms with Gasteiger partial charge >= 0.3 is 0 Å². The van der Waals surface area contributed by atoms with E-state index in [9.17, 15) is 0 Å². The molecule has 1 saturated heterocycles. The highest BCUT2D eigenvalue weighted by Crippen LogP contribution is 2.35. The van der Waals surface area contributed by atoms with Gasteiger partial charge in [-0.25, -0.2) is 0 Å². The van der Waals surface area contributed by atoms with E-state index < -0.39 is 0 Å². The lowest BCUT2D eigenvalue weighted by molar-refractivity contribution is 0.0184. The minimum atomic E-state index is 0.398. The molecule has 3 atom stereocenters. The molecule has 0 unspecified atom stereocenters. The van der Waals surface area contributed by atoms with E-state index in [0.29, 0.717) is 12.2 Å². The first-order valence-electron chi connectivity index (χ1n) is 8.23. The highest BCUT2D eigenvalue weighted by atomic mass is 15.3. The van der Waals surface area contributed by atoms with Crippen LogP contribution in [0.2, 0.25) is 0 Å². The van der Waals surface area contributed by atoms with Crippen LogP contribution in [0.1, 0.15) is 56.8 Å². The zero-order valence-electron chi connectivity index (χ0n) is 13.1. The Balaban J connectivity index is 1.84. The zero-order valence-corrected chi connectivity index (χ0v) is 13.1. The predicted molar refractivity (Wildman–Crippen MR) is 84.6 cm³/mol. The summed E-state index contributed by atoms with van der Waals surface area (Å²) in [6, 6.07) is 10.4. The molecule has 2 nitrogen and oxygen atoms in total. The minimum absolute atomic E-state index is 0.398. The van der Waals surface area contributed by atoms with Gasteiger partial charge in [-0.15, -0.1) is 0 Å². The Morgan fingerprint density at radius 2 is 1.80 bits per heavy atom. The molecule has 1 saturated carbocycles. The average molecular weight is 272 g/mol. The normalized spacial score (nSPS) is 31.3. The van der Waals surface area contributed by atoms with Crippen molar-refractivity contribution in [3.63, 3.8) is 0 Å². The first kappa shape index (κ1) is 14.1. The van der Waals surface area contributed by atoms with E-state index in [2.05, 4.69) is 55.3 Å². The Morgan fingerprint density at radius 1 is 1.10 bits per heavy atom. The second-order valence-corrected chi connectivity index (χ2v) is 6.92. The topological polar surface area (TPSA) is 15.3 Å². The Kier molecular flexibility index (Phi) is 4.13. The fraction of sp³-hybridized carbons (Fsp3) is 0.667. The van der Waals surface area contributed by atoms with E-state index in [-0.39, 0.29) is 0 Å². The maximum Gasteiger partial charge on any atom is 0.0865 e. The first-order valence-corrected chi connectivity index (χ1v) is 8.23. The summed E-state index contributed by atoms with van der Waals surface area (Å²) in [4.78, 5) is 2.65. The van der Waals surface area contributed by atoms with Crippen LogP contribution in [0.25, 0.3) is 0 Å². The molecule has 3 rings (SSSR count). The van der Waals surface area contributed by atoms with Crippen LogP contribution < -0.4 is 5.32 Å². The molecule has 1 N–H and O–H groups in total. The van der Waals surface area contributed by atoms with Gasteiger partial charge in [0.25, 0.3) is 0 Å². The highest BCUT2D eigenvalue weighted by molar-refractivity contribution is 5.24. The largest absolute Gasteiger partial charge is 0.295 e. The molecule has 1 heterocycles. The van der Waals surface area contributed by atoms with Crippen LogP contribution in [0.4, 0.5) is 0 Å². The summed E-state index contributed by atoms with van der Waals surface area (Å²) in [7, 11) is 0. The van der Waals surface area contributed by atoms with Gasteiger partial charge in [-0.3, -0.25) is 10.2 Å². The molecule has 110 valence electrons. The molecule has 0 spiro atoms. The highest BCUT2D eigenvalue weighted by Gasteiger charge is 2.37. The van der Waals surface area contributed by atoms with Gasteiger partial charge in [0.2, 0.25) is 0 Å². The van der Waals surface area contributed by atoms with Gasteiger partial charge in [-0.05, 0) is 45.1 Å². The van der Waals surface area contributed by atoms with Gasteiger partial charge in [0.1, 0.15) is 0 Å². The number of aryl methyl sites for hydroxylation is 1. The lowest BCUT2D eigenvalue weighted by atomic mass is 9.81. The van der Waals surface area contributed by atoms with E-state index in [1.807, 2.05) is 0 Å². The molecule has 0 radical (unpaired) electrons. The van der Waals surface area contributed by atoms with Crippen molar-refractivity contribution in [1.82, 2.24) is 10.2 Å². The molecule has 1 aliphatic heterocycles. The van der Waals surface area contributed by atoms with Gasteiger partial charge in [0, 0.05) is 18.6 Å². The van der Waals surface area contributed by atoms with Crippen molar-refractivity contribution in [3.05, 3.63) is 35.4 Å². The zero-order chi connectivity index (χ0) is 14.1. The van der Waals surface area contributed by atoms with Crippen LogP contribution in [0.5, 0.6) is 0 Å². The molecule has 2 heteroatoms. The summed E-state index contributed by atoms with van der Waals surface area (Å²) in [6.07, 6.45) is 5.98. The summed E-state index contributed by atoms with van der Waals surface area (Å²) in [5.41, 5.74) is 2.77. The van der Waals surface area contributed by atoms with Crippen molar-refractivity contribution in [2.24, 2.45) is 5.92 Å². The van der Waals surface area contributed by atoms with Crippen molar-refractivity contribution < 1.29 is 0 Å². The average Bonchev–Trinajstić information content (AvgIpc) is 2.46. The summed E-state index contributed by atoms with van der Waals surface area (Å²) in [6.45, 7) is 8.07. The van der Waals surface area contributed by atoms with Crippen LogP contribution in [0, 0.1) is 12.8 Å². The number of rotatable bonds is 2. The van der Waals surface area contributed by atoms with E-state index in [1.165, 1.54) is 43.4 Å². The van der Waals surface area contributed by atoms with Crippen molar-refractivity contribution in [2.45, 2.75) is 64.7 Å². The van der Waals surface area contributed by atoms with Crippen LogP contribution in [-0.4, -0.2) is 23.5 Å². The molecular formula is C18H28N2. The van der Waals surface area contributed by atoms with E-state index in [0.717, 1.165) is 12.0 Å². The van der Waals surface area contributed by atoms with Gasteiger partial charge in [0.05, 0.1) is 6.17 Å². The standard InChI is InChI=1S/C18H28N2/c1-13(2)20-12-16-6-4-5-7-17(16)19-18(20)15-10-8-14(3)9-11-15/h8-11,13,16-19H,4-7,12H2,1-3H3/t16-,17+,18+/m0/s1. The molecule has 20 heavy (non-hydrogen) atoms. The lowest BCUT2D eigenvalue weighted by Gasteiger charge is -2.49. The van der Waals surface area contributed by atoms with E-state index in [4.69, 9.17) is 0 Å². The van der Waals surface area contributed by atoms with Crippen molar-refractivity contribution in [2.75, 3.05) is 6.54 Å². The Labute approximate surface area is 123 Å². The fourth-order valence-electron chi connectivity index (χ4n) is 3.87. The molecule has 2 aliphatic rings. The monoisotopic (exact) mass is 272 g/mol. The van der Waals surface area contributed by atoms with Crippen molar-refractivity contribution in [1.29, 1.82) is 0 Å². The van der Waals surface area contributed by atoms with Crippen LogP contribution in [-0.2, 0) is 0 Å². The summed E-state index contributed by atoms with van der Waals surface area (Å²) < 4.78 is 0. The Hall–Kier alpha value is -0.860. The SMILES string of the molecule is Cc1ccc([C@@H]2N[C@@H]3CCCC[C@H]3CN2C(C)C)cc1. The maximum absolute atomic E-state index is 3.95. The molecule has 0 amide bonds. The molecule has 0 bridgehead atoms. The molecule has 1 aromatic rings. The summed E-state index contributed by atoms with van der Waals surface area (Å²) >= 11 is 0. The predicted octanol–water partition coefficient (Wildman–Crippen LogP) is 3.87. The van der Waals surface area contributed by atoms with Crippen LogP contribution >= 0.6 is 0 Å². The fourth-order valence-corrected chi connectivity index (χ4v) is 3.87. The van der Waals surface area contributed by atoms with Crippen LogP contribution in [0.3, 0.4) is 0 Å². The Morgan fingerprint density at radius 3 is 2.50 bits per heavy atom. The number of benzene rings is 1. The second-order valence-electron chi connectivity index (χ2n) is 6.92.